The molecule has 1 N–H and O–H groups in total. The van der Waals surface area contributed by atoms with Gasteiger partial charge < -0.3 is 10.0 Å². The maximum absolute atomic E-state index is 15.1. The van der Waals surface area contributed by atoms with E-state index in [0.29, 0.717) is 51.3 Å². The molecule has 2 unspecified atom stereocenters. The van der Waals surface area contributed by atoms with Gasteiger partial charge in [-0.1, -0.05) is 30.3 Å². The standard InChI is InChI=1S/C32H42FN3O3/c1-21-8-11-25(28(33)16-21)26-19-36(32(2,3)4)20-27(26)30(37)35-14-12-34(13-15-35)29(31(38)39)18-22-9-10-23-6-5-7-24(23)17-22/h8-11,16-17,26-27,29H,5-7,12-15,18-20H2,1-4H3,(H,38,39)/t26?,27?,29-/m0/s1. The van der Waals surface area contributed by atoms with E-state index in [4.69, 9.17) is 0 Å². The van der Waals surface area contributed by atoms with E-state index >= 15 is 4.39 Å². The molecule has 1 aliphatic carbocycles. The molecule has 3 aliphatic rings. The molecule has 0 saturated carbocycles. The molecular formula is C32H42FN3O3. The van der Waals surface area contributed by atoms with Crippen LogP contribution in [0.2, 0.25) is 0 Å². The monoisotopic (exact) mass is 535 g/mol. The van der Waals surface area contributed by atoms with Gasteiger partial charge in [0.15, 0.2) is 0 Å². The number of carbonyl (C=O) groups is 2. The number of aryl methyl sites for hydroxylation is 3. The lowest BCUT2D eigenvalue weighted by atomic mass is 9.87. The molecule has 2 aromatic rings. The number of carbonyl (C=O) groups excluding carboxylic acids is 1. The largest absolute Gasteiger partial charge is 0.480 e. The van der Waals surface area contributed by atoms with Gasteiger partial charge in [0.1, 0.15) is 11.9 Å². The van der Waals surface area contributed by atoms with Crippen molar-refractivity contribution in [3.8, 4) is 0 Å². The van der Waals surface area contributed by atoms with E-state index in [9.17, 15) is 14.7 Å². The summed E-state index contributed by atoms with van der Waals surface area (Å²) in [7, 11) is 0. The lowest BCUT2D eigenvalue weighted by Crippen LogP contribution is -2.56. The predicted molar refractivity (Wildman–Crippen MR) is 150 cm³/mol. The van der Waals surface area contributed by atoms with Crippen molar-refractivity contribution >= 4 is 11.9 Å². The van der Waals surface area contributed by atoms with E-state index in [2.05, 4.69) is 43.9 Å². The SMILES string of the molecule is Cc1ccc(C2CN(C(C)(C)C)CC2C(=O)N2CCN([C@@H](Cc3ccc4c(c3)CCC4)C(=O)O)CC2)c(F)c1. The number of aliphatic carboxylic acids is 1. The molecule has 2 fully saturated rings. The summed E-state index contributed by atoms with van der Waals surface area (Å²) in [5.41, 5.74) is 5.17. The van der Waals surface area contributed by atoms with Crippen LogP contribution in [0.25, 0.3) is 0 Å². The van der Waals surface area contributed by atoms with E-state index in [1.165, 1.54) is 17.5 Å². The average Bonchev–Trinajstić information content (AvgIpc) is 3.54. The highest BCUT2D eigenvalue weighted by molar-refractivity contribution is 5.81. The van der Waals surface area contributed by atoms with Crippen molar-refractivity contribution in [2.24, 2.45) is 5.92 Å². The summed E-state index contributed by atoms with van der Waals surface area (Å²) in [5, 5.41) is 10.1. The van der Waals surface area contributed by atoms with Crippen molar-refractivity contribution in [1.29, 1.82) is 0 Å². The molecule has 1 amide bonds. The number of hydrogen-bond acceptors (Lipinski definition) is 4. The Morgan fingerprint density at radius 2 is 1.72 bits per heavy atom. The van der Waals surface area contributed by atoms with Crippen molar-refractivity contribution in [3.63, 3.8) is 0 Å². The third-order valence-electron chi connectivity index (χ3n) is 9.08. The first kappa shape index (κ1) is 27.8. The molecule has 0 aromatic heterocycles. The summed E-state index contributed by atoms with van der Waals surface area (Å²) in [4.78, 5) is 32.3. The summed E-state index contributed by atoms with van der Waals surface area (Å²) in [6.07, 6.45) is 3.82. The van der Waals surface area contributed by atoms with Crippen LogP contribution in [-0.2, 0) is 28.9 Å². The minimum Gasteiger partial charge on any atom is -0.480 e. The summed E-state index contributed by atoms with van der Waals surface area (Å²) in [6, 6.07) is 11.1. The summed E-state index contributed by atoms with van der Waals surface area (Å²) in [5.74, 6) is -1.54. The van der Waals surface area contributed by atoms with Crippen LogP contribution >= 0.6 is 0 Å². The zero-order chi connectivity index (χ0) is 27.9. The number of nitrogens with zero attached hydrogens (tertiary/aromatic N) is 3. The number of amides is 1. The van der Waals surface area contributed by atoms with E-state index in [-0.39, 0.29) is 29.1 Å². The van der Waals surface area contributed by atoms with Gasteiger partial charge in [-0.3, -0.25) is 19.4 Å². The highest BCUT2D eigenvalue weighted by Crippen LogP contribution is 2.38. The molecule has 0 bridgehead atoms. The fourth-order valence-corrected chi connectivity index (χ4v) is 6.69. The molecule has 2 aliphatic heterocycles. The molecule has 0 radical (unpaired) electrons. The van der Waals surface area contributed by atoms with Crippen LogP contribution in [0.15, 0.2) is 36.4 Å². The summed E-state index contributed by atoms with van der Waals surface area (Å²) < 4.78 is 15.1. The minimum absolute atomic E-state index is 0.0527. The van der Waals surface area contributed by atoms with Gasteiger partial charge in [0.25, 0.3) is 0 Å². The van der Waals surface area contributed by atoms with Gasteiger partial charge >= 0.3 is 5.97 Å². The molecular weight excluding hydrogens is 493 g/mol. The van der Waals surface area contributed by atoms with Gasteiger partial charge in [-0.05, 0) is 87.3 Å². The topological polar surface area (TPSA) is 64.1 Å². The number of carboxylic acids is 1. The number of likely N-dealkylation sites (tertiary alicyclic amines) is 1. The number of benzene rings is 2. The number of piperazine rings is 1. The second kappa shape index (κ2) is 11.0. The number of carboxylic acid groups (broad SMARTS) is 1. The van der Waals surface area contributed by atoms with Gasteiger partial charge in [0.2, 0.25) is 5.91 Å². The lowest BCUT2D eigenvalue weighted by Gasteiger charge is -2.39. The predicted octanol–water partition coefficient (Wildman–Crippen LogP) is 4.28. The Balaban J connectivity index is 1.27. The number of fused-ring (bicyclic) bond motifs is 1. The van der Waals surface area contributed by atoms with Crippen LogP contribution < -0.4 is 0 Å². The van der Waals surface area contributed by atoms with Crippen molar-refractivity contribution < 1.29 is 19.1 Å². The van der Waals surface area contributed by atoms with Gasteiger partial charge in [-0.15, -0.1) is 0 Å². The first-order chi connectivity index (χ1) is 18.5. The van der Waals surface area contributed by atoms with Crippen LogP contribution in [0.4, 0.5) is 4.39 Å². The zero-order valence-corrected chi connectivity index (χ0v) is 23.8. The molecule has 210 valence electrons. The second-order valence-corrected chi connectivity index (χ2v) is 12.7. The number of halogens is 1. The molecule has 3 atom stereocenters. The van der Waals surface area contributed by atoms with Gasteiger partial charge in [-0.2, -0.15) is 0 Å². The third kappa shape index (κ3) is 5.90. The quantitative estimate of drug-likeness (QED) is 0.599. The van der Waals surface area contributed by atoms with Crippen LogP contribution in [0.1, 0.15) is 60.9 Å². The minimum atomic E-state index is -0.818. The lowest BCUT2D eigenvalue weighted by molar-refractivity contribution is -0.145. The van der Waals surface area contributed by atoms with Crippen LogP contribution in [-0.4, -0.2) is 82.5 Å². The molecule has 5 rings (SSSR count). The van der Waals surface area contributed by atoms with Crippen molar-refractivity contribution in [2.45, 2.75) is 70.9 Å². The number of rotatable bonds is 6. The Hall–Kier alpha value is -2.77. The molecule has 0 spiro atoms. The van der Waals surface area contributed by atoms with Crippen molar-refractivity contribution in [1.82, 2.24) is 14.7 Å². The van der Waals surface area contributed by atoms with E-state index in [1.807, 2.05) is 28.9 Å². The van der Waals surface area contributed by atoms with E-state index < -0.39 is 12.0 Å². The summed E-state index contributed by atoms with van der Waals surface area (Å²) in [6.45, 7) is 11.5. The maximum Gasteiger partial charge on any atom is 0.321 e. The number of hydrogen-bond donors (Lipinski definition) is 1. The van der Waals surface area contributed by atoms with E-state index in [1.54, 1.807) is 6.07 Å². The fraction of sp³-hybridized carbons (Fsp3) is 0.562. The Labute approximate surface area is 231 Å². The Bertz CT molecular complexity index is 1230. The van der Waals surface area contributed by atoms with Crippen LogP contribution in [0.5, 0.6) is 0 Å². The molecule has 6 nitrogen and oxygen atoms in total. The first-order valence-corrected chi connectivity index (χ1v) is 14.4. The van der Waals surface area contributed by atoms with Gasteiger partial charge in [0, 0.05) is 50.7 Å². The fourth-order valence-electron chi connectivity index (χ4n) is 6.69. The smallest absolute Gasteiger partial charge is 0.321 e. The molecule has 2 saturated heterocycles. The normalized spacial score (nSPS) is 23.2. The summed E-state index contributed by atoms with van der Waals surface area (Å²) >= 11 is 0. The maximum atomic E-state index is 15.1. The van der Waals surface area contributed by atoms with Crippen LogP contribution in [0, 0.1) is 18.7 Å². The molecule has 39 heavy (non-hydrogen) atoms. The Kier molecular flexibility index (Phi) is 7.84. The Morgan fingerprint density at radius 3 is 2.38 bits per heavy atom. The molecule has 2 heterocycles. The zero-order valence-electron chi connectivity index (χ0n) is 23.8. The third-order valence-corrected chi connectivity index (χ3v) is 9.08. The highest BCUT2D eigenvalue weighted by Gasteiger charge is 2.45. The molecule has 7 heteroatoms. The van der Waals surface area contributed by atoms with Gasteiger partial charge in [-0.25, -0.2) is 4.39 Å². The average molecular weight is 536 g/mol. The van der Waals surface area contributed by atoms with E-state index in [0.717, 1.165) is 24.0 Å². The molecule has 2 aromatic carbocycles. The van der Waals surface area contributed by atoms with Crippen molar-refractivity contribution in [3.05, 3.63) is 70.0 Å². The highest BCUT2D eigenvalue weighted by atomic mass is 19.1. The second-order valence-electron chi connectivity index (χ2n) is 12.7. The van der Waals surface area contributed by atoms with Crippen LogP contribution in [0.3, 0.4) is 0 Å². The van der Waals surface area contributed by atoms with Gasteiger partial charge in [0.05, 0.1) is 5.92 Å². The van der Waals surface area contributed by atoms with Crippen molar-refractivity contribution in [2.75, 3.05) is 39.3 Å². The Morgan fingerprint density at radius 1 is 1.00 bits per heavy atom. The first-order valence-electron chi connectivity index (χ1n) is 14.4.